The van der Waals surface area contributed by atoms with Crippen LogP contribution >= 0.6 is 0 Å². The molecule has 0 unspecified atom stereocenters. The maximum atomic E-state index is 12.8. The van der Waals surface area contributed by atoms with Gasteiger partial charge < -0.3 is 10.6 Å². The van der Waals surface area contributed by atoms with E-state index in [1.54, 1.807) is 7.05 Å². The first-order valence-corrected chi connectivity index (χ1v) is 6.97. The summed E-state index contributed by atoms with van der Waals surface area (Å²) >= 11 is 0. The lowest BCUT2D eigenvalue weighted by atomic mass is 10.1. The Morgan fingerprint density at radius 2 is 1.89 bits per heavy atom. The molecule has 2 rings (SSSR count). The second-order valence-electron chi connectivity index (χ2n) is 5.03. The van der Waals surface area contributed by atoms with Crippen LogP contribution in [0.25, 0.3) is 0 Å². The molecule has 0 amide bonds. The quantitative estimate of drug-likeness (QED) is 0.610. The van der Waals surface area contributed by atoms with Gasteiger partial charge in [0.1, 0.15) is 5.82 Å². The smallest absolute Gasteiger partial charge is 0.190 e. The summed E-state index contributed by atoms with van der Waals surface area (Å²) in [6, 6.07) is 6.64. The SMILES string of the molecule is CN=C(NCCc1ccc(F)cc1)NCCC1CC1. The first kappa shape index (κ1) is 13.8. The van der Waals surface area contributed by atoms with Crippen LogP contribution in [0.15, 0.2) is 29.3 Å². The lowest BCUT2D eigenvalue weighted by Crippen LogP contribution is -2.38. The molecule has 104 valence electrons. The Labute approximate surface area is 114 Å². The first-order chi connectivity index (χ1) is 9.28. The number of hydrogen-bond acceptors (Lipinski definition) is 1. The Morgan fingerprint density at radius 1 is 1.21 bits per heavy atom. The van der Waals surface area contributed by atoms with Crippen LogP contribution in [0.2, 0.25) is 0 Å². The van der Waals surface area contributed by atoms with Crippen LogP contribution in [0.3, 0.4) is 0 Å². The number of hydrogen-bond donors (Lipinski definition) is 2. The molecule has 0 bridgehead atoms. The Balaban J connectivity index is 1.63. The van der Waals surface area contributed by atoms with Crippen molar-refractivity contribution >= 4 is 5.96 Å². The van der Waals surface area contributed by atoms with Gasteiger partial charge in [-0.05, 0) is 36.5 Å². The summed E-state index contributed by atoms with van der Waals surface area (Å²) in [5, 5.41) is 6.59. The predicted octanol–water partition coefficient (Wildman–Crippen LogP) is 2.33. The molecular weight excluding hydrogens is 241 g/mol. The summed E-state index contributed by atoms with van der Waals surface area (Å²) in [7, 11) is 1.78. The van der Waals surface area contributed by atoms with Crippen LogP contribution < -0.4 is 10.6 Å². The van der Waals surface area contributed by atoms with Gasteiger partial charge in [0.05, 0.1) is 0 Å². The van der Waals surface area contributed by atoms with Gasteiger partial charge >= 0.3 is 0 Å². The first-order valence-electron chi connectivity index (χ1n) is 6.97. The molecule has 0 radical (unpaired) electrons. The highest BCUT2D eigenvalue weighted by Crippen LogP contribution is 2.31. The highest BCUT2D eigenvalue weighted by molar-refractivity contribution is 5.79. The summed E-state index contributed by atoms with van der Waals surface area (Å²) in [5.74, 6) is 1.60. The maximum absolute atomic E-state index is 12.8. The Bertz CT molecular complexity index is 410. The summed E-state index contributed by atoms with van der Waals surface area (Å²) in [4.78, 5) is 4.19. The molecule has 0 atom stereocenters. The highest BCUT2D eigenvalue weighted by Gasteiger charge is 2.20. The standard InChI is InChI=1S/C15H22FN3/c1-17-15(18-10-8-12-2-3-12)19-11-9-13-4-6-14(16)7-5-13/h4-7,12H,2-3,8-11H2,1H3,(H2,17,18,19). The third-order valence-corrected chi connectivity index (χ3v) is 3.38. The van der Waals surface area contributed by atoms with Crippen LogP contribution in [-0.4, -0.2) is 26.1 Å². The van der Waals surface area contributed by atoms with Crippen molar-refractivity contribution in [1.82, 2.24) is 10.6 Å². The van der Waals surface area contributed by atoms with Crippen molar-refractivity contribution in [3.05, 3.63) is 35.6 Å². The van der Waals surface area contributed by atoms with Gasteiger partial charge in [-0.25, -0.2) is 4.39 Å². The summed E-state index contributed by atoms with van der Waals surface area (Å²) in [6.07, 6.45) is 4.87. The molecular formula is C15H22FN3. The number of halogens is 1. The third-order valence-electron chi connectivity index (χ3n) is 3.38. The molecule has 4 heteroatoms. The molecule has 0 saturated heterocycles. The van der Waals surface area contributed by atoms with Crippen molar-refractivity contribution in [3.8, 4) is 0 Å². The van der Waals surface area contributed by atoms with Crippen LogP contribution in [0.4, 0.5) is 4.39 Å². The topological polar surface area (TPSA) is 36.4 Å². The number of nitrogens with zero attached hydrogens (tertiary/aromatic N) is 1. The molecule has 1 aromatic rings. The zero-order valence-corrected chi connectivity index (χ0v) is 11.5. The van der Waals surface area contributed by atoms with E-state index in [9.17, 15) is 4.39 Å². The Morgan fingerprint density at radius 3 is 2.53 bits per heavy atom. The van der Waals surface area contributed by atoms with Gasteiger partial charge in [-0.3, -0.25) is 4.99 Å². The van der Waals surface area contributed by atoms with Crippen LogP contribution in [-0.2, 0) is 6.42 Å². The molecule has 3 nitrogen and oxygen atoms in total. The minimum Gasteiger partial charge on any atom is -0.356 e. The molecule has 1 aliphatic carbocycles. The van der Waals surface area contributed by atoms with Crippen LogP contribution in [0, 0.1) is 11.7 Å². The fourth-order valence-corrected chi connectivity index (χ4v) is 2.00. The normalized spacial score (nSPS) is 15.4. The Hall–Kier alpha value is -1.58. The number of benzene rings is 1. The van der Waals surface area contributed by atoms with Crippen molar-refractivity contribution in [2.24, 2.45) is 10.9 Å². The molecule has 1 fully saturated rings. The van der Waals surface area contributed by atoms with E-state index in [4.69, 9.17) is 0 Å². The van der Waals surface area contributed by atoms with Gasteiger partial charge in [0.25, 0.3) is 0 Å². The number of guanidine groups is 1. The van der Waals surface area contributed by atoms with Gasteiger partial charge in [-0.1, -0.05) is 25.0 Å². The average Bonchev–Trinajstić information content (AvgIpc) is 3.23. The molecule has 2 N–H and O–H groups in total. The van der Waals surface area contributed by atoms with E-state index in [1.165, 1.54) is 31.4 Å². The molecule has 0 heterocycles. The van der Waals surface area contributed by atoms with Crippen molar-refractivity contribution in [2.45, 2.75) is 25.7 Å². The second kappa shape index (κ2) is 7.12. The average molecular weight is 263 g/mol. The van der Waals surface area contributed by atoms with Gasteiger partial charge in [-0.2, -0.15) is 0 Å². The molecule has 1 aliphatic rings. The van der Waals surface area contributed by atoms with E-state index >= 15 is 0 Å². The zero-order chi connectivity index (χ0) is 13.5. The van der Waals surface area contributed by atoms with Crippen molar-refractivity contribution < 1.29 is 4.39 Å². The number of nitrogens with one attached hydrogen (secondary N) is 2. The molecule has 0 spiro atoms. The van der Waals surface area contributed by atoms with Gasteiger partial charge in [0, 0.05) is 20.1 Å². The minimum atomic E-state index is -0.186. The van der Waals surface area contributed by atoms with Crippen LogP contribution in [0.5, 0.6) is 0 Å². The van der Waals surface area contributed by atoms with Gasteiger partial charge in [0.2, 0.25) is 0 Å². The maximum Gasteiger partial charge on any atom is 0.190 e. The lowest BCUT2D eigenvalue weighted by molar-refractivity contribution is 0.626. The van der Waals surface area contributed by atoms with E-state index < -0.39 is 0 Å². The Kier molecular flexibility index (Phi) is 5.19. The van der Waals surface area contributed by atoms with Gasteiger partial charge in [0.15, 0.2) is 5.96 Å². The van der Waals surface area contributed by atoms with Crippen molar-refractivity contribution in [3.63, 3.8) is 0 Å². The number of rotatable bonds is 6. The highest BCUT2D eigenvalue weighted by atomic mass is 19.1. The molecule has 1 aromatic carbocycles. The zero-order valence-electron chi connectivity index (χ0n) is 11.5. The number of aliphatic imine (C=N–C) groups is 1. The fourth-order valence-electron chi connectivity index (χ4n) is 2.00. The largest absolute Gasteiger partial charge is 0.356 e. The van der Waals surface area contributed by atoms with Crippen LogP contribution in [0.1, 0.15) is 24.8 Å². The van der Waals surface area contributed by atoms with E-state index in [0.29, 0.717) is 0 Å². The summed E-state index contributed by atoms with van der Waals surface area (Å²) < 4.78 is 12.8. The monoisotopic (exact) mass is 263 g/mol. The molecule has 0 aromatic heterocycles. The van der Waals surface area contributed by atoms with Crippen molar-refractivity contribution in [2.75, 3.05) is 20.1 Å². The molecule has 0 aliphatic heterocycles. The predicted molar refractivity (Wildman–Crippen MR) is 76.8 cm³/mol. The van der Waals surface area contributed by atoms with E-state index in [0.717, 1.165) is 37.0 Å². The van der Waals surface area contributed by atoms with E-state index in [-0.39, 0.29) is 5.82 Å². The fraction of sp³-hybridized carbons (Fsp3) is 0.533. The third kappa shape index (κ3) is 5.28. The minimum absolute atomic E-state index is 0.186. The second-order valence-corrected chi connectivity index (χ2v) is 5.03. The van der Waals surface area contributed by atoms with Gasteiger partial charge in [-0.15, -0.1) is 0 Å². The lowest BCUT2D eigenvalue weighted by Gasteiger charge is -2.11. The molecule has 19 heavy (non-hydrogen) atoms. The summed E-state index contributed by atoms with van der Waals surface area (Å²) in [5.41, 5.74) is 1.13. The van der Waals surface area contributed by atoms with E-state index in [2.05, 4.69) is 15.6 Å². The van der Waals surface area contributed by atoms with Crippen molar-refractivity contribution in [1.29, 1.82) is 0 Å². The van der Waals surface area contributed by atoms with E-state index in [1.807, 2.05) is 12.1 Å². The summed E-state index contributed by atoms with van der Waals surface area (Å²) in [6.45, 7) is 1.79. The molecule has 1 saturated carbocycles.